The third-order valence-corrected chi connectivity index (χ3v) is 4.16. The summed E-state index contributed by atoms with van der Waals surface area (Å²) in [5.74, 6) is 0.400. The van der Waals surface area contributed by atoms with Gasteiger partial charge in [0.25, 0.3) is 0 Å². The molecule has 18 heavy (non-hydrogen) atoms. The largest absolute Gasteiger partial charge is 0.457 e. The van der Waals surface area contributed by atoms with E-state index in [9.17, 15) is 4.79 Å². The van der Waals surface area contributed by atoms with Crippen molar-refractivity contribution in [3.63, 3.8) is 0 Å². The standard InChI is InChI=1S/C12H13Br2NO2S/c13-10-3-1-9(2-4-10)7-17-12(16)11(14)8-18-6-5-15/h1-4,8H,5-7,15H2/b11-8-. The second-order valence-corrected chi connectivity index (χ2v) is 6.08. The molecule has 0 radical (unpaired) electrons. The number of thioether (sulfide) groups is 1. The van der Waals surface area contributed by atoms with Crippen LogP contribution in [0.3, 0.4) is 0 Å². The van der Waals surface area contributed by atoms with Crippen LogP contribution in [0.15, 0.2) is 38.6 Å². The molecule has 0 aromatic heterocycles. The molecule has 0 unspecified atom stereocenters. The van der Waals surface area contributed by atoms with Crippen LogP contribution in [0.25, 0.3) is 0 Å². The average molecular weight is 395 g/mol. The fourth-order valence-corrected chi connectivity index (χ4v) is 2.32. The van der Waals surface area contributed by atoms with Crippen molar-refractivity contribution in [3.8, 4) is 0 Å². The van der Waals surface area contributed by atoms with Crippen molar-refractivity contribution < 1.29 is 9.53 Å². The van der Waals surface area contributed by atoms with E-state index in [2.05, 4.69) is 31.9 Å². The highest BCUT2D eigenvalue weighted by molar-refractivity contribution is 9.12. The van der Waals surface area contributed by atoms with Crippen LogP contribution in [0.5, 0.6) is 0 Å². The van der Waals surface area contributed by atoms with Crippen molar-refractivity contribution in [2.75, 3.05) is 12.3 Å². The number of carbonyl (C=O) groups is 1. The molecule has 0 saturated heterocycles. The van der Waals surface area contributed by atoms with Crippen LogP contribution in [0, 0.1) is 0 Å². The molecular weight excluding hydrogens is 382 g/mol. The SMILES string of the molecule is NCCS/C=C(\Br)C(=O)OCc1ccc(Br)cc1. The molecule has 0 amide bonds. The van der Waals surface area contributed by atoms with Gasteiger partial charge in [-0.25, -0.2) is 4.79 Å². The monoisotopic (exact) mass is 393 g/mol. The Morgan fingerprint density at radius 2 is 2.06 bits per heavy atom. The van der Waals surface area contributed by atoms with E-state index >= 15 is 0 Å². The minimum Gasteiger partial charge on any atom is -0.457 e. The fourth-order valence-electron chi connectivity index (χ4n) is 1.05. The molecule has 0 aliphatic carbocycles. The molecule has 0 saturated carbocycles. The molecule has 0 atom stereocenters. The molecule has 1 aromatic rings. The molecule has 0 spiro atoms. The van der Waals surface area contributed by atoms with Gasteiger partial charge in [0.15, 0.2) is 0 Å². The van der Waals surface area contributed by atoms with Crippen molar-refractivity contribution in [2.45, 2.75) is 6.61 Å². The Bertz CT molecular complexity index is 421. The van der Waals surface area contributed by atoms with Gasteiger partial charge in [-0.3, -0.25) is 0 Å². The number of esters is 1. The van der Waals surface area contributed by atoms with Gasteiger partial charge in [0.2, 0.25) is 0 Å². The summed E-state index contributed by atoms with van der Waals surface area (Å²) in [6.07, 6.45) is 0. The number of nitrogens with two attached hydrogens (primary N) is 1. The Kier molecular flexibility index (Phi) is 7.65. The predicted octanol–water partition coefficient (Wildman–Crippen LogP) is 3.42. The number of rotatable bonds is 6. The predicted molar refractivity (Wildman–Crippen MR) is 82.5 cm³/mol. The Balaban J connectivity index is 2.40. The lowest BCUT2D eigenvalue weighted by Gasteiger charge is -2.04. The van der Waals surface area contributed by atoms with Crippen LogP contribution in [0.2, 0.25) is 0 Å². The van der Waals surface area contributed by atoms with E-state index in [1.54, 1.807) is 5.41 Å². The summed E-state index contributed by atoms with van der Waals surface area (Å²) in [7, 11) is 0. The highest BCUT2D eigenvalue weighted by atomic mass is 79.9. The second kappa shape index (κ2) is 8.74. The van der Waals surface area contributed by atoms with Gasteiger partial charge >= 0.3 is 5.97 Å². The zero-order valence-electron chi connectivity index (χ0n) is 9.57. The fraction of sp³-hybridized carbons (Fsp3) is 0.250. The zero-order chi connectivity index (χ0) is 13.4. The maximum absolute atomic E-state index is 11.6. The zero-order valence-corrected chi connectivity index (χ0v) is 13.6. The highest BCUT2D eigenvalue weighted by Crippen LogP contribution is 2.16. The normalized spacial score (nSPS) is 11.4. The summed E-state index contributed by atoms with van der Waals surface area (Å²) in [5.41, 5.74) is 6.30. The molecular formula is C12H13Br2NO2S. The molecule has 0 heterocycles. The van der Waals surface area contributed by atoms with Crippen molar-refractivity contribution >= 4 is 49.6 Å². The third-order valence-electron chi connectivity index (χ3n) is 1.90. The molecule has 0 fully saturated rings. The van der Waals surface area contributed by atoms with Crippen LogP contribution in [-0.2, 0) is 16.1 Å². The minimum atomic E-state index is -0.373. The Morgan fingerprint density at radius 3 is 2.67 bits per heavy atom. The molecule has 2 N–H and O–H groups in total. The van der Waals surface area contributed by atoms with Crippen molar-refractivity contribution in [1.82, 2.24) is 0 Å². The van der Waals surface area contributed by atoms with Crippen LogP contribution in [0.1, 0.15) is 5.56 Å². The van der Waals surface area contributed by atoms with Gasteiger partial charge in [-0.15, -0.1) is 11.8 Å². The first kappa shape index (κ1) is 15.8. The molecule has 0 aliphatic rings. The average Bonchev–Trinajstić information content (AvgIpc) is 2.38. The second-order valence-electron chi connectivity index (χ2n) is 3.33. The van der Waals surface area contributed by atoms with Gasteiger partial charge in [0, 0.05) is 16.8 Å². The number of benzene rings is 1. The molecule has 98 valence electrons. The molecule has 6 heteroatoms. The first-order valence-corrected chi connectivity index (χ1v) is 7.86. The minimum absolute atomic E-state index is 0.261. The summed E-state index contributed by atoms with van der Waals surface area (Å²) in [6, 6.07) is 7.62. The molecule has 0 aliphatic heterocycles. The van der Waals surface area contributed by atoms with Crippen LogP contribution >= 0.6 is 43.6 Å². The van der Waals surface area contributed by atoms with Crippen molar-refractivity contribution in [3.05, 3.63) is 44.2 Å². The molecule has 1 aromatic carbocycles. The number of carbonyl (C=O) groups excluding carboxylic acids is 1. The van der Waals surface area contributed by atoms with Gasteiger partial charge in [0.1, 0.15) is 11.1 Å². The van der Waals surface area contributed by atoms with Gasteiger partial charge in [-0.2, -0.15) is 0 Å². The third kappa shape index (κ3) is 6.04. The summed E-state index contributed by atoms with van der Waals surface area (Å²) in [4.78, 5) is 11.6. The van der Waals surface area contributed by atoms with E-state index in [-0.39, 0.29) is 12.6 Å². The van der Waals surface area contributed by atoms with Crippen LogP contribution in [0.4, 0.5) is 0 Å². The van der Waals surface area contributed by atoms with Gasteiger partial charge in [0.05, 0.1) is 0 Å². The maximum Gasteiger partial charge on any atom is 0.346 e. The number of ether oxygens (including phenoxy) is 1. The van der Waals surface area contributed by atoms with Crippen LogP contribution in [-0.4, -0.2) is 18.3 Å². The van der Waals surface area contributed by atoms with E-state index in [0.717, 1.165) is 15.8 Å². The van der Waals surface area contributed by atoms with Gasteiger partial charge in [-0.1, -0.05) is 28.1 Å². The first-order chi connectivity index (χ1) is 8.63. The van der Waals surface area contributed by atoms with Gasteiger partial charge < -0.3 is 10.5 Å². The van der Waals surface area contributed by atoms with E-state index in [1.165, 1.54) is 11.8 Å². The molecule has 0 bridgehead atoms. The van der Waals surface area contributed by atoms with E-state index in [1.807, 2.05) is 24.3 Å². The lowest BCUT2D eigenvalue weighted by Crippen LogP contribution is -2.04. The lowest BCUT2D eigenvalue weighted by atomic mass is 10.2. The van der Waals surface area contributed by atoms with Gasteiger partial charge in [-0.05, 0) is 39.0 Å². The van der Waals surface area contributed by atoms with E-state index in [4.69, 9.17) is 10.5 Å². The number of hydrogen-bond acceptors (Lipinski definition) is 4. The summed E-state index contributed by atoms with van der Waals surface area (Å²) >= 11 is 8.00. The Labute approximate surface area is 127 Å². The van der Waals surface area contributed by atoms with Crippen molar-refractivity contribution in [2.24, 2.45) is 5.73 Å². The van der Waals surface area contributed by atoms with E-state index in [0.29, 0.717) is 11.0 Å². The smallest absolute Gasteiger partial charge is 0.346 e. The number of halogens is 2. The molecule has 3 nitrogen and oxygen atoms in total. The Morgan fingerprint density at radius 1 is 1.39 bits per heavy atom. The number of hydrogen-bond donors (Lipinski definition) is 1. The quantitative estimate of drug-likeness (QED) is 0.456. The lowest BCUT2D eigenvalue weighted by molar-refractivity contribution is -0.139. The topological polar surface area (TPSA) is 52.3 Å². The highest BCUT2D eigenvalue weighted by Gasteiger charge is 2.07. The van der Waals surface area contributed by atoms with Crippen LogP contribution < -0.4 is 5.73 Å². The molecule has 1 rings (SSSR count). The summed E-state index contributed by atoms with van der Waals surface area (Å²) in [6.45, 7) is 0.839. The first-order valence-electron chi connectivity index (χ1n) is 5.22. The van der Waals surface area contributed by atoms with E-state index < -0.39 is 0 Å². The maximum atomic E-state index is 11.6. The summed E-state index contributed by atoms with van der Waals surface area (Å²) in [5, 5.41) is 1.71. The summed E-state index contributed by atoms with van der Waals surface area (Å²) < 4.78 is 6.56. The van der Waals surface area contributed by atoms with Crippen molar-refractivity contribution in [1.29, 1.82) is 0 Å². The Hall–Kier alpha value is -0.300.